The van der Waals surface area contributed by atoms with E-state index in [1.54, 1.807) is 11.3 Å². The van der Waals surface area contributed by atoms with E-state index in [1.807, 2.05) is 11.4 Å². The highest BCUT2D eigenvalue weighted by molar-refractivity contribution is 7.16. The summed E-state index contributed by atoms with van der Waals surface area (Å²) in [5.74, 6) is 1.73. The van der Waals surface area contributed by atoms with Gasteiger partial charge in [-0.05, 0) is 59.4 Å². The van der Waals surface area contributed by atoms with E-state index in [0.717, 1.165) is 28.5 Å². The number of halogens is 1. The second-order valence-corrected chi connectivity index (χ2v) is 7.03. The van der Waals surface area contributed by atoms with Gasteiger partial charge in [-0.25, -0.2) is 9.97 Å². The van der Waals surface area contributed by atoms with Crippen molar-refractivity contribution in [3.8, 4) is 0 Å². The van der Waals surface area contributed by atoms with Crippen molar-refractivity contribution in [2.24, 2.45) is 5.92 Å². The first-order valence-electron chi connectivity index (χ1n) is 7.50. The molecule has 2 heterocycles. The van der Waals surface area contributed by atoms with Crippen molar-refractivity contribution in [2.45, 2.75) is 25.8 Å². The van der Waals surface area contributed by atoms with Crippen LogP contribution in [0.5, 0.6) is 0 Å². The van der Waals surface area contributed by atoms with Gasteiger partial charge in [-0.15, -0.1) is 11.3 Å². The Kier molecular flexibility index (Phi) is 3.72. The van der Waals surface area contributed by atoms with E-state index in [0.29, 0.717) is 0 Å². The molecule has 0 unspecified atom stereocenters. The summed E-state index contributed by atoms with van der Waals surface area (Å²) >= 11 is 7.56. The molecule has 1 aliphatic carbocycles. The van der Waals surface area contributed by atoms with Gasteiger partial charge in [0.15, 0.2) is 0 Å². The van der Waals surface area contributed by atoms with Crippen LogP contribution in [0.25, 0.3) is 10.2 Å². The van der Waals surface area contributed by atoms with Crippen LogP contribution in [0.15, 0.2) is 35.7 Å². The third-order valence-electron chi connectivity index (χ3n) is 4.00. The van der Waals surface area contributed by atoms with E-state index < -0.39 is 0 Å². The predicted octanol–water partition coefficient (Wildman–Crippen LogP) is 4.91. The van der Waals surface area contributed by atoms with Crippen LogP contribution in [0, 0.1) is 5.92 Å². The molecule has 1 saturated carbocycles. The first-order valence-corrected chi connectivity index (χ1v) is 8.76. The van der Waals surface area contributed by atoms with Gasteiger partial charge in [0.05, 0.1) is 5.39 Å². The quantitative estimate of drug-likeness (QED) is 0.676. The van der Waals surface area contributed by atoms with Crippen LogP contribution >= 0.6 is 22.9 Å². The van der Waals surface area contributed by atoms with Crippen LogP contribution in [0.3, 0.4) is 0 Å². The minimum atomic E-state index is 0.289. The largest absolute Gasteiger partial charge is 0.365 e. The van der Waals surface area contributed by atoms with Crippen LogP contribution in [-0.2, 0) is 13.0 Å². The minimum absolute atomic E-state index is 0.289. The number of anilines is 1. The van der Waals surface area contributed by atoms with Crippen LogP contribution in [0.4, 0.5) is 5.82 Å². The summed E-state index contributed by atoms with van der Waals surface area (Å²) in [5.41, 5.74) is 2.69. The second-order valence-electron chi connectivity index (χ2n) is 5.80. The van der Waals surface area contributed by atoms with Gasteiger partial charge in [-0.3, -0.25) is 0 Å². The average Bonchev–Trinajstić information content (AvgIpc) is 3.20. The maximum absolute atomic E-state index is 5.98. The van der Waals surface area contributed by atoms with E-state index in [9.17, 15) is 0 Å². The molecule has 3 nitrogen and oxygen atoms in total. The van der Waals surface area contributed by atoms with E-state index in [-0.39, 0.29) is 5.28 Å². The average molecular weight is 330 g/mol. The van der Waals surface area contributed by atoms with Crippen molar-refractivity contribution in [1.82, 2.24) is 9.97 Å². The smallest absolute Gasteiger partial charge is 0.225 e. The van der Waals surface area contributed by atoms with Crippen LogP contribution in [-0.4, -0.2) is 9.97 Å². The maximum Gasteiger partial charge on any atom is 0.225 e. The topological polar surface area (TPSA) is 37.8 Å². The molecule has 112 valence electrons. The number of hydrogen-bond acceptors (Lipinski definition) is 4. The first kappa shape index (κ1) is 14.0. The Hall–Kier alpha value is -1.65. The number of rotatable bonds is 5. The molecule has 0 atom stereocenters. The van der Waals surface area contributed by atoms with Gasteiger partial charge in [0.2, 0.25) is 5.28 Å². The normalized spacial score (nSPS) is 14.4. The van der Waals surface area contributed by atoms with Crippen LogP contribution in [0.2, 0.25) is 5.28 Å². The summed E-state index contributed by atoms with van der Waals surface area (Å²) in [4.78, 5) is 9.45. The molecule has 2 aromatic heterocycles. The number of nitrogens with one attached hydrogen (secondary N) is 1. The lowest BCUT2D eigenvalue weighted by atomic mass is 10.1. The van der Waals surface area contributed by atoms with Gasteiger partial charge in [0.1, 0.15) is 10.6 Å². The van der Waals surface area contributed by atoms with E-state index in [1.165, 1.54) is 30.4 Å². The molecule has 0 radical (unpaired) electrons. The lowest BCUT2D eigenvalue weighted by Crippen LogP contribution is -2.02. The van der Waals surface area contributed by atoms with Gasteiger partial charge in [-0.1, -0.05) is 24.3 Å². The fourth-order valence-electron chi connectivity index (χ4n) is 2.60. The Labute approximate surface area is 138 Å². The van der Waals surface area contributed by atoms with Crippen LogP contribution < -0.4 is 5.32 Å². The Morgan fingerprint density at radius 3 is 2.64 bits per heavy atom. The van der Waals surface area contributed by atoms with Crippen molar-refractivity contribution in [3.63, 3.8) is 0 Å². The lowest BCUT2D eigenvalue weighted by molar-refractivity contribution is 0.831. The number of nitrogens with zero attached hydrogens (tertiary/aromatic N) is 2. The van der Waals surface area contributed by atoms with Gasteiger partial charge < -0.3 is 5.32 Å². The third-order valence-corrected chi connectivity index (χ3v) is 4.98. The fourth-order valence-corrected chi connectivity index (χ4v) is 3.58. The van der Waals surface area contributed by atoms with Crippen molar-refractivity contribution in [3.05, 3.63) is 52.1 Å². The molecule has 0 bridgehead atoms. The number of hydrogen-bond donors (Lipinski definition) is 1. The van der Waals surface area contributed by atoms with E-state index >= 15 is 0 Å². The summed E-state index contributed by atoms with van der Waals surface area (Å²) in [5, 5.41) is 6.70. The molecule has 1 N–H and O–H groups in total. The first-order chi connectivity index (χ1) is 10.8. The molecule has 0 aliphatic heterocycles. The molecule has 0 spiro atoms. The molecule has 1 aromatic carbocycles. The monoisotopic (exact) mass is 329 g/mol. The standard InChI is InChI=1S/C17H16ClN3S/c18-17-20-15(14-7-8-22-16(14)21-17)19-10-13-5-3-12(4-6-13)9-11-1-2-11/h3-8,11H,1-2,9-10H2,(H,19,20,21). The van der Waals surface area contributed by atoms with Gasteiger partial charge in [-0.2, -0.15) is 0 Å². The Morgan fingerprint density at radius 1 is 1.09 bits per heavy atom. The Balaban J connectivity index is 1.47. The van der Waals surface area contributed by atoms with Crippen molar-refractivity contribution in [2.75, 3.05) is 5.32 Å². The molecule has 22 heavy (non-hydrogen) atoms. The zero-order valence-electron chi connectivity index (χ0n) is 12.1. The zero-order chi connectivity index (χ0) is 14.9. The summed E-state index contributed by atoms with van der Waals surface area (Å²) in [6.45, 7) is 0.738. The van der Waals surface area contributed by atoms with Gasteiger partial charge in [0, 0.05) is 6.54 Å². The third kappa shape index (κ3) is 3.08. The van der Waals surface area contributed by atoms with Crippen LogP contribution in [0.1, 0.15) is 24.0 Å². The van der Waals surface area contributed by atoms with E-state index in [4.69, 9.17) is 11.6 Å². The predicted molar refractivity (Wildman–Crippen MR) is 92.6 cm³/mol. The Morgan fingerprint density at radius 2 is 1.86 bits per heavy atom. The highest BCUT2D eigenvalue weighted by Crippen LogP contribution is 2.32. The molecule has 4 rings (SSSR count). The lowest BCUT2D eigenvalue weighted by Gasteiger charge is -2.08. The van der Waals surface area contributed by atoms with Crippen molar-refractivity contribution >= 4 is 39.0 Å². The van der Waals surface area contributed by atoms with E-state index in [2.05, 4.69) is 39.6 Å². The summed E-state index contributed by atoms with van der Waals surface area (Å²) in [7, 11) is 0. The number of aromatic nitrogens is 2. The second kappa shape index (κ2) is 5.86. The SMILES string of the molecule is Clc1nc(NCc2ccc(CC3CC3)cc2)c2ccsc2n1. The van der Waals surface area contributed by atoms with Gasteiger partial charge in [0.25, 0.3) is 0 Å². The number of benzene rings is 1. The van der Waals surface area contributed by atoms with Gasteiger partial charge >= 0.3 is 0 Å². The zero-order valence-corrected chi connectivity index (χ0v) is 13.6. The molecule has 0 saturated heterocycles. The van der Waals surface area contributed by atoms with Crippen molar-refractivity contribution < 1.29 is 0 Å². The molecular weight excluding hydrogens is 314 g/mol. The number of thiophene rings is 1. The van der Waals surface area contributed by atoms with Crippen molar-refractivity contribution in [1.29, 1.82) is 0 Å². The molecule has 1 fully saturated rings. The highest BCUT2D eigenvalue weighted by Gasteiger charge is 2.21. The summed E-state index contributed by atoms with van der Waals surface area (Å²) in [6.07, 6.45) is 4.02. The minimum Gasteiger partial charge on any atom is -0.365 e. The summed E-state index contributed by atoms with van der Waals surface area (Å²) < 4.78 is 0. The molecule has 0 amide bonds. The molecular formula is C17H16ClN3S. The molecule has 5 heteroatoms. The maximum atomic E-state index is 5.98. The highest BCUT2D eigenvalue weighted by atomic mass is 35.5. The molecule has 1 aliphatic rings. The number of fused-ring (bicyclic) bond motifs is 1. The summed E-state index contributed by atoms with van der Waals surface area (Å²) in [6, 6.07) is 10.9. The fraction of sp³-hybridized carbons (Fsp3) is 0.294. The Bertz CT molecular complexity index is 793. The molecule has 3 aromatic rings.